The zero-order valence-electron chi connectivity index (χ0n) is 20.0. The van der Waals surface area contributed by atoms with Gasteiger partial charge in [-0.3, -0.25) is 0 Å². The van der Waals surface area contributed by atoms with E-state index < -0.39 is 29.8 Å². The third-order valence-corrected chi connectivity index (χ3v) is 4.96. The molecule has 0 aliphatic heterocycles. The van der Waals surface area contributed by atoms with E-state index in [0.29, 0.717) is 18.9 Å². The van der Waals surface area contributed by atoms with E-state index in [1.807, 2.05) is 13.8 Å². The van der Waals surface area contributed by atoms with Crippen molar-refractivity contribution >= 4 is 17.7 Å². The third-order valence-electron chi connectivity index (χ3n) is 4.96. The van der Waals surface area contributed by atoms with E-state index in [4.69, 9.17) is 9.47 Å². The zero-order chi connectivity index (χ0) is 26.0. The van der Waals surface area contributed by atoms with Gasteiger partial charge >= 0.3 is 18.2 Å². The summed E-state index contributed by atoms with van der Waals surface area (Å²) < 4.78 is 50.7. The summed E-state index contributed by atoms with van der Waals surface area (Å²) in [5.41, 5.74) is -0.451. The second-order valence-corrected chi connectivity index (χ2v) is 8.29. The molecule has 0 aliphatic carbocycles. The quantitative estimate of drug-likeness (QED) is 0.416. The number of urea groups is 1. The van der Waals surface area contributed by atoms with Crippen LogP contribution in [-0.2, 0) is 22.1 Å². The maximum Gasteiger partial charge on any atom is 0.418 e. The van der Waals surface area contributed by atoms with Gasteiger partial charge in [-0.2, -0.15) is 13.2 Å². The molecule has 7 nitrogen and oxygen atoms in total. The molecule has 10 heteroatoms. The fourth-order valence-electron chi connectivity index (χ4n) is 3.38. The van der Waals surface area contributed by atoms with E-state index in [0.717, 1.165) is 11.6 Å². The molecule has 35 heavy (non-hydrogen) atoms. The van der Waals surface area contributed by atoms with Crippen LogP contribution in [0.1, 0.15) is 31.9 Å². The average molecular weight is 497 g/mol. The first-order chi connectivity index (χ1) is 16.5. The molecule has 0 aromatic heterocycles. The van der Waals surface area contributed by atoms with Gasteiger partial charge in [0.2, 0.25) is 0 Å². The van der Waals surface area contributed by atoms with Gasteiger partial charge in [-0.05, 0) is 42.7 Å². The maximum atomic E-state index is 13.3. The summed E-state index contributed by atoms with van der Waals surface area (Å²) >= 11 is 0. The number of carboxylic acids is 1. The number of rotatable bonds is 12. The molecule has 192 valence electrons. The van der Waals surface area contributed by atoms with Crippen LogP contribution in [0.5, 0.6) is 5.75 Å². The summed E-state index contributed by atoms with van der Waals surface area (Å²) in [6.45, 7) is 6.43. The molecule has 0 bridgehead atoms. The van der Waals surface area contributed by atoms with Crippen LogP contribution in [0.15, 0.2) is 48.5 Å². The summed E-state index contributed by atoms with van der Waals surface area (Å²) in [7, 11) is 0. The molecular formula is C25H31F3N2O5. The molecule has 1 atom stereocenters. The number of anilines is 1. The highest BCUT2D eigenvalue weighted by molar-refractivity contribution is 5.90. The molecule has 0 radical (unpaired) electrons. The Morgan fingerprint density at radius 3 is 2.31 bits per heavy atom. The SMILES string of the molecule is CCOC(Cc1ccc(OCCN(CC(C)C)C(=O)Nc2ccccc2C(F)(F)F)cc1)C(=O)O. The van der Waals surface area contributed by atoms with Crippen molar-refractivity contribution in [1.82, 2.24) is 4.90 Å². The van der Waals surface area contributed by atoms with Crippen LogP contribution < -0.4 is 10.1 Å². The molecule has 2 aromatic carbocycles. The summed E-state index contributed by atoms with van der Waals surface area (Å²) in [6, 6.07) is 11.0. The molecule has 0 saturated heterocycles. The zero-order valence-corrected chi connectivity index (χ0v) is 20.0. The number of hydrogen-bond donors (Lipinski definition) is 2. The smallest absolute Gasteiger partial charge is 0.418 e. The number of carboxylic acid groups (broad SMARTS) is 1. The lowest BCUT2D eigenvalue weighted by Gasteiger charge is -2.25. The number of nitrogens with one attached hydrogen (secondary N) is 1. The largest absolute Gasteiger partial charge is 0.492 e. The van der Waals surface area contributed by atoms with Crippen molar-refractivity contribution in [1.29, 1.82) is 0 Å². The molecule has 2 amide bonds. The minimum absolute atomic E-state index is 0.0883. The van der Waals surface area contributed by atoms with Crippen molar-refractivity contribution in [2.24, 2.45) is 5.92 Å². The summed E-state index contributed by atoms with van der Waals surface area (Å²) in [5.74, 6) is -0.427. The van der Waals surface area contributed by atoms with Crippen LogP contribution in [0.2, 0.25) is 0 Å². The Kier molecular flexibility index (Phi) is 10.4. The average Bonchev–Trinajstić information content (AvgIpc) is 2.78. The Balaban J connectivity index is 1.98. The lowest BCUT2D eigenvalue weighted by Crippen LogP contribution is -2.40. The van der Waals surface area contributed by atoms with Crippen molar-refractivity contribution in [3.05, 3.63) is 59.7 Å². The Morgan fingerprint density at radius 2 is 1.74 bits per heavy atom. The lowest BCUT2D eigenvalue weighted by atomic mass is 10.1. The van der Waals surface area contributed by atoms with Crippen molar-refractivity contribution in [2.75, 3.05) is 31.6 Å². The Morgan fingerprint density at radius 1 is 1.09 bits per heavy atom. The first-order valence-corrected chi connectivity index (χ1v) is 11.3. The van der Waals surface area contributed by atoms with E-state index in [1.165, 1.54) is 23.1 Å². The highest BCUT2D eigenvalue weighted by atomic mass is 19.4. The van der Waals surface area contributed by atoms with Gasteiger partial charge in [0.15, 0.2) is 6.10 Å². The van der Waals surface area contributed by atoms with E-state index in [-0.39, 0.29) is 31.2 Å². The molecule has 2 N–H and O–H groups in total. The molecule has 1 unspecified atom stereocenters. The fourth-order valence-corrected chi connectivity index (χ4v) is 3.38. The highest BCUT2D eigenvalue weighted by Gasteiger charge is 2.34. The van der Waals surface area contributed by atoms with Crippen molar-refractivity contribution in [3.8, 4) is 5.75 Å². The highest BCUT2D eigenvalue weighted by Crippen LogP contribution is 2.34. The molecule has 2 aromatic rings. The van der Waals surface area contributed by atoms with E-state index in [2.05, 4.69) is 5.32 Å². The number of halogens is 3. The second-order valence-electron chi connectivity index (χ2n) is 8.29. The van der Waals surface area contributed by atoms with Crippen LogP contribution in [-0.4, -0.2) is 54.4 Å². The number of nitrogens with zero attached hydrogens (tertiary/aromatic N) is 1. The maximum absolute atomic E-state index is 13.3. The predicted octanol–water partition coefficient (Wildman–Crippen LogP) is 5.31. The molecule has 0 aliphatic rings. The van der Waals surface area contributed by atoms with Gasteiger partial charge in [-0.25, -0.2) is 9.59 Å². The van der Waals surface area contributed by atoms with Crippen molar-refractivity contribution in [3.63, 3.8) is 0 Å². The minimum atomic E-state index is -4.59. The van der Waals surface area contributed by atoms with Gasteiger partial charge in [0.05, 0.1) is 17.8 Å². The molecule has 0 saturated carbocycles. The van der Waals surface area contributed by atoms with E-state index >= 15 is 0 Å². The van der Waals surface area contributed by atoms with Crippen LogP contribution >= 0.6 is 0 Å². The number of ether oxygens (including phenoxy) is 2. The number of para-hydroxylation sites is 1. The number of carbonyl (C=O) groups is 2. The Bertz CT molecular complexity index is 964. The third kappa shape index (κ3) is 9.12. The first kappa shape index (κ1) is 28.0. The fraction of sp³-hybridized carbons (Fsp3) is 0.440. The number of hydrogen-bond acceptors (Lipinski definition) is 4. The topological polar surface area (TPSA) is 88.1 Å². The number of carbonyl (C=O) groups excluding carboxylic acids is 1. The molecular weight excluding hydrogens is 465 g/mol. The van der Waals surface area contributed by atoms with Crippen molar-refractivity contribution < 1.29 is 37.3 Å². The first-order valence-electron chi connectivity index (χ1n) is 11.3. The monoisotopic (exact) mass is 496 g/mol. The summed E-state index contributed by atoms with van der Waals surface area (Å²) in [6.07, 6.45) is -5.31. The Labute approximate surface area is 202 Å². The molecule has 2 rings (SSSR count). The Hall–Kier alpha value is -3.27. The van der Waals surface area contributed by atoms with Crippen LogP contribution in [0, 0.1) is 5.92 Å². The predicted molar refractivity (Wildman–Crippen MR) is 126 cm³/mol. The van der Waals surface area contributed by atoms with Gasteiger partial charge in [0, 0.05) is 19.6 Å². The summed E-state index contributed by atoms with van der Waals surface area (Å²) in [5, 5.41) is 11.6. The molecule has 0 heterocycles. The number of amides is 2. The van der Waals surface area contributed by atoms with Gasteiger partial charge in [-0.1, -0.05) is 38.1 Å². The number of alkyl halides is 3. The summed E-state index contributed by atoms with van der Waals surface area (Å²) in [4.78, 5) is 25.4. The number of benzene rings is 2. The lowest BCUT2D eigenvalue weighted by molar-refractivity contribution is -0.150. The normalized spacial score (nSPS) is 12.3. The minimum Gasteiger partial charge on any atom is -0.492 e. The van der Waals surface area contributed by atoms with E-state index in [1.54, 1.807) is 31.2 Å². The van der Waals surface area contributed by atoms with Crippen LogP contribution in [0.25, 0.3) is 0 Å². The van der Waals surface area contributed by atoms with Crippen molar-refractivity contribution in [2.45, 2.75) is 39.5 Å². The second kappa shape index (κ2) is 13.0. The molecule has 0 spiro atoms. The van der Waals surface area contributed by atoms with E-state index in [9.17, 15) is 27.9 Å². The standard InChI is InChI=1S/C25H31F3N2O5/c1-4-34-22(23(31)32)15-18-9-11-19(12-10-18)35-14-13-30(16-17(2)3)24(33)29-21-8-6-5-7-20(21)25(26,27)28/h5-12,17,22H,4,13-16H2,1-3H3,(H,29,33)(H,31,32). The number of aliphatic carboxylic acids is 1. The van der Waals surface area contributed by atoms with Crippen LogP contribution in [0.3, 0.4) is 0 Å². The van der Waals surface area contributed by atoms with Gasteiger partial charge in [-0.15, -0.1) is 0 Å². The molecule has 0 fully saturated rings. The van der Waals surface area contributed by atoms with Gasteiger partial charge in [0.25, 0.3) is 0 Å². The van der Waals surface area contributed by atoms with Gasteiger partial charge < -0.3 is 24.8 Å². The van der Waals surface area contributed by atoms with Crippen LogP contribution in [0.4, 0.5) is 23.7 Å². The van der Waals surface area contributed by atoms with Gasteiger partial charge in [0.1, 0.15) is 12.4 Å².